The quantitative estimate of drug-likeness (QED) is 0.764. The highest BCUT2D eigenvalue weighted by atomic mass is 16.2. The minimum absolute atomic E-state index is 0.00400. The molecule has 1 aliphatic heterocycles. The van der Waals surface area contributed by atoms with E-state index in [1.807, 2.05) is 35.4 Å². The van der Waals surface area contributed by atoms with Crippen LogP contribution in [0.4, 0.5) is 0 Å². The van der Waals surface area contributed by atoms with Gasteiger partial charge in [-0.15, -0.1) is 0 Å². The minimum Gasteiger partial charge on any atom is -0.337 e. The van der Waals surface area contributed by atoms with Crippen molar-refractivity contribution in [1.29, 1.82) is 0 Å². The van der Waals surface area contributed by atoms with Crippen molar-refractivity contribution in [2.45, 2.75) is 25.7 Å². The molecule has 3 heterocycles. The fourth-order valence-corrected chi connectivity index (χ4v) is 3.44. The number of rotatable bonds is 2. The van der Waals surface area contributed by atoms with Gasteiger partial charge in [0.1, 0.15) is 0 Å². The van der Waals surface area contributed by atoms with Crippen molar-refractivity contribution in [1.82, 2.24) is 25.3 Å². The SMILES string of the molecule is Cc1cn[nH]c1[C@@H]1CCCN(C(=O)c2n[nH]c3ccccc23)C1. The highest BCUT2D eigenvalue weighted by Crippen LogP contribution is 2.28. The lowest BCUT2D eigenvalue weighted by molar-refractivity contribution is 0.0701. The molecule has 0 saturated carbocycles. The summed E-state index contributed by atoms with van der Waals surface area (Å²) in [4.78, 5) is 14.8. The van der Waals surface area contributed by atoms with E-state index in [9.17, 15) is 4.79 Å². The van der Waals surface area contributed by atoms with E-state index in [0.717, 1.165) is 41.5 Å². The Morgan fingerprint density at radius 1 is 1.30 bits per heavy atom. The van der Waals surface area contributed by atoms with E-state index in [1.54, 1.807) is 0 Å². The molecule has 4 rings (SSSR count). The maximum Gasteiger partial charge on any atom is 0.275 e. The van der Waals surface area contributed by atoms with Gasteiger partial charge in [0, 0.05) is 30.1 Å². The van der Waals surface area contributed by atoms with Gasteiger partial charge in [-0.05, 0) is 31.4 Å². The molecule has 0 bridgehead atoms. The number of H-pyrrole nitrogens is 2. The highest BCUT2D eigenvalue weighted by molar-refractivity contribution is 6.04. The number of likely N-dealkylation sites (tertiary alicyclic amines) is 1. The lowest BCUT2D eigenvalue weighted by Crippen LogP contribution is -2.39. The van der Waals surface area contributed by atoms with E-state index < -0.39 is 0 Å². The molecule has 0 spiro atoms. The van der Waals surface area contributed by atoms with Gasteiger partial charge in [-0.1, -0.05) is 18.2 Å². The number of carbonyl (C=O) groups excluding carboxylic acids is 1. The Kier molecular flexibility index (Phi) is 3.37. The van der Waals surface area contributed by atoms with Gasteiger partial charge in [0.05, 0.1) is 11.7 Å². The third-order valence-electron chi connectivity index (χ3n) is 4.66. The number of carbonyl (C=O) groups is 1. The van der Waals surface area contributed by atoms with Crippen molar-refractivity contribution in [3.05, 3.63) is 47.4 Å². The summed E-state index contributed by atoms with van der Waals surface area (Å²) in [5.74, 6) is 0.324. The predicted octanol–water partition coefficient (Wildman–Crippen LogP) is 2.61. The summed E-state index contributed by atoms with van der Waals surface area (Å²) in [7, 11) is 0. The molecule has 23 heavy (non-hydrogen) atoms. The van der Waals surface area contributed by atoms with Crippen LogP contribution in [0.1, 0.15) is 40.5 Å². The molecular formula is C17H19N5O. The number of para-hydroxylation sites is 1. The molecule has 2 aromatic heterocycles. The number of hydrogen-bond acceptors (Lipinski definition) is 3. The molecule has 6 nitrogen and oxygen atoms in total. The van der Waals surface area contributed by atoms with Gasteiger partial charge in [0.25, 0.3) is 5.91 Å². The number of aromatic amines is 2. The van der Waals surface area contributed by atoms with Crippen LogP contribution in [0.25, 0.3) is 10.9 Å². The summed E-state index contributed by atoms with van der Waals surface area (Å²) in [6, 6.07) is 7.74. The Hall–Kier alpha value is -2.63. The number of piperidine rings is 1. The standard InChI is InChI=1S/C17H19N5O/c1-11-9-18-20-15(11)12-5-4-8-22(10-12)17(23)16-13-6-2-3-7-14(13)19-21-16/h2-3,6-7,9,12H,4-5,8,10H2,1H3,(H,18,20)(H,19,21)/t12-/m1/s1. The monoisotopic (exact) mass is 309 g/mol. The number of benzene rings is 1. The van der Waals surface area contributed by atoms with Crippen LogP contribution >= 0.6 is 0 Å². The average molecular weight is 309 g/mol. The minimum atomic E-state index is 0.00400. The van der Waals surface area contributed by atoms with Gasteiger partial charge >= 0.3 is 0 Å². The Balaban J connectivity index is 1.60. The first-order valence-electron chi connectivity index (χ1n) is 7.96. The van der Waals surface area contributed by atoms with Crippen molar-refractivity contribution in [3.8, 4) is 0 Å². The molecule has 1 aliphatic rings. The molecule has 0 radical (unpaired) electrons. The van der Waals surface area contributed by atoms with Crippen LogP contribution in [-0.4, -0.2) is 44.3 Å². The predicted molar refractivity (Wildman–Crippen MR) is 87.3 cm³/mol. The number of hydrogen-bond donors (Lipinski definition) is 2. The maximum absolute atomic E-state index is 12.9. The Labute approximate surface area is 133 Å². The fourth-order valence-electron chi connectivity index (χ4n) is 3.44. The molecule has 1 atom stereocenters. The Morgan fingerprint density at radius 2 is 2.17 bits per heavy atom. The molecule has 1 saturated heterocycles. The van der Waals surface area contributed by atoms with Crippen LogP contribution in [0.3, 0.4) is 0 Å². The Bertz CT molecular complexity index is 849. The molecule has 1 aromatic carbocycles. The van der Waals surface area contributed by atoms with Crippen molar-refractivity contribution < 1.29 is 4.79 Å². The third-order valence-corrected chi connectivity index (χ3v) is 4.66. The molecule has 1 amide bonds. The van der Waals surface area contributed by atoms with Gasteiger partial charge in [0.2, 0.25) is 0 Å². The van der Waals surface area contributed by atoms with Crippen molar-refractivity contribution in [3.63, 3.8) is 0 Å². The van der Waals surface area contributed by atoms with E-state index in [2.05, 4.69) is 27.3 Å². The van der Waals surface area contributed by atoms with Crippen molar-refractivity contribution >= 4 is 16.8 Å². The van der Waals surface area contributed by atoms with E-state index in [-0.39, 0.29) is 5.91 Å². The molecular weight excluding hydrogens is 290 g/mol. The first-order valence-corrected chi connectivity index (χ1v) is 7.96. The fraction of sp³-hybridized carbons (Fsp3) is 0.353. The largest absolute Gasteiger partial charge is 0.337 e. The van der Waals surface area contributed by atoms with E-state index in [1.165, 1.54) is 0 Å². The zero-order chi connectivity index (χ0) is 15.8. The van der Waals surface area contributed by atoms with E-state index >= 15 is 0 Å². The molecule has 2 N–H and O–H groups in total. The third kappa shape index (κ3) is 2.40. The second-order valence-electron chi connectivity index (χ2n) is 6.17. The van der Waals surface area contributed by atoms with Gasteiger partial charge in [0.15, 0.2) is 5.69 Å². The summed E-state index contributed by atoms with van der Waals surface area (Å²) in [5.41, 5.74) is 3.72. The van der Waals surface area contributed by atoms with E-state index in [4.69, 9.17) is 0 Å². The molecule has 0 aliphatic carbocycles. The number of amides is 1. The number of aryl methyl sites for hydroxylation is 1. The van der Waals surface area contributed by atoms with Crippen molar-refractivity contribution in [2.24, 2.45) is 0 Å². The highest BCUT2D eigenvalue weighted by Gasteiger charge is 2.29. The summed E-state index contributed by atoms with van der Waals surface area (Å²) in [6.45, 7) is 3.55. The summed E-state index contributed by atoms with van der Waals surface area (Å²) in [6.07, 6.45) is 3.92. The van der Waals surface area contributed by atoms with Crippen LogP contribution in [0.15, 0.2) is 30.5 Å². The molecule has 3 aromatic rings. The number of aromatic nitrogens is 4. The lowest BCUT2D eigenvalue weighted by atomic mass is 9.92. The van der Waals surface area contributed by atoms with Crippen LogP contribution in [0.2, 0.25) is 0 Å². The first kappa shape index (κ1) is 14.0. The smallest absolute Gasteiger partial charge is 0.275 e. The molecule has 6 heteroatoms. The van der Waals surface area contributed by atoms with Gasteiger partial charge in [-0.25, -0.2) is 0 Å². The number of nitrogens with one attached hydrogen (secondary N) is 2. The van der Waals surface area contributed by atoms with Crippen LogP contribution in [0.5, 0.6) is 0 Å². The number of fused-ring (bicyclic) bond motifs is 1. The summed E-state index contributed by atoms with van der Waals surface area (Å²) >= 11 is 0. The van der Waals surface area contributed by atoms with Crippen LogP contribution in [-0.2, 0) is 0 Å². The zero-order valence-corrected chi connectivity index (χ0v) is 13.0. The lowest BCUT2D eigenvalue weighted by Gasteiger charge is -2.32. The molecule has 118 valence electrons. The van der Waals surface area contributed by atoms with Gasteiger partial charge in [-0.2, -0.15) is 10.2 Å². The first-order chi connectivity index (χ1) is 11.2. The molecule has 0 unspecified atom stereocenters. The molecule has 1 fully saturated rings. The Morgan fingerprint density at radius 3 is 3.00 bits per heavy atom. The topological polar surface area (TPSA) is 77.7 Å². The summed E-state index contributed by atoms with van der Waals surface area (Å²) in [5, 5.41) is 15.3. The summed E-state index contributed by atoms with van der Waals surface area (Å²) < 4.78 is 0. The normalized spacial score (nSPS) is 18.5. The number of nitrogens with zero attached hydrogens (tertiary/aromatic N) is 3. The average Bonchev–Trinajstić information content (AvgIpc) is 3.20. The van der Waals surface area contributed by atoms with Crippen LogP contribution < -0.4 is 0 Å². The maximum atomic E-state index is 12.9. The second-order valence-corrected chi connectivity index (χ2v) is 6.17. The van der Waals surface area contributed by atoms with Gasteiger partial charge < -0.3 is 4.90 Å². The van der Waals surface area contributed by atoms with Crippen LogP contribution in [0, 0.1) is 6.92 Å². The van der Waals surface area contributed by atoms with Gasteiger partial charge in [-0.3, -0.25) is 15.0 Å². The van der Waals surface area contributed by atoms with E-state index in [0.29, 0.717) is 18.2 Å². The van der Waals surface area contributed by atoms with Crippen molar-refractivity contribution in [2.75, 3.05) is 13.1 Å². The zero-order valence-electron chi connectivity index (χ0n) is 13.0. The second kappa shape index (κ2) is 5.53.